The second-order valence-corrected chi connectivity index (χ2v) is 14.2. The van der Waals surface area contributed by atoms with Gasteiger partial charge in [-0.05, 0) is 30.3 Å². The fourth-order valence-corrected chi connectivity index (χ4v) is 8.40. The summed E-state index contributed by atoms with van der Waals surface area (Å²) in [5, 5.41) is 6.58. The molecule has 0 amide bonds. The number of pyridine rings is 1. The maximum absolute atomic E-state index is 14.1. The molecule has 2 aliphatic rings. The second-order valence-electron chi connectivity index (χ2n) is 11.2. The minimum atomic E-state index is -3.83. The molecule has 15 heteroatoms. The molecule has 3 aromatic heterocycles. The molecule has 6 rings (SSSR count). The standard InChI is InChI=1S/C29H27ClF3N7O2S2/c1-29(2,23-5-3-4-9-34-23)16-44(41,42)38-18-14-22-24(21-8-11-40(37-21)28(32)33)25(19-7-6-17(31)13-20(19)30)36-26(39(22)15-18)27-35-10-12-43-27/h3-13,18,25,28,38H,14-16H2,1-2H3/t18-,25-/m0/s1. The molecule has 0 saturated carbocycles. The van der Waals surface area contributed by atoms with E-state index in [1.165, 1.54) is 29.5 Å². The predicted octanol–water partition coefficient (Wildman–Crippen LogP) is 5.81. The maximum atomic E-state index is 14.1. The first kappa shape index (κ1) is 30.4. The van der Waals surface area contributed by atoms with Crippen LogP contribution in [-0.2, 0) is 15.4 Å². The van der Waals surface area contributed by atoms with Gasteiger partial charge >= 0.3 is 6.55 Å². The molecule has 0 bridgehead atoms. The Morgan fingerprint density at radius 2 is 1.98 bits per heavy atom. The number of thiazole rings is 1. The van der Waals surface area contributed by atoms with E-state index >= 15 is 0 Å². The van der Waals surface area contributed by atoms with Gasteiger partial charge in [-0.2, -0.15) is 13.9 Å². The average Bonchev–Trinajstić information content (AvgIpc) is 3.73. The summed E-state index contributed by atoms with van der Waals surface area (Å²) in [5.41, 5.74) is 1.63. The Kier molecular flexibility index (Phi) is 8.11. The fourth-order valence-electron chi connectivity index (χ4n) is 5.64. The highest BCUT2D eigenvalue weighted by molar-refractivity contribution is 7.89. The lowest BCUT2D eigenvalue weighted by Gasteiger charge is -2.32. The van der Waals surface area contributed by atoms with Gasteiger partial charge in [-0.1, -0.05) is 37.6 Å². The Bertz CT molecular complexity index is 1850. The number of sulfonamides is 1. The van der Waals surface area contributed by atoms with Crippen molar-refractivity contribution in [2.24, 2.45) is 4.99 Å². The third-order valence-electron chi connectivity index (χ3n) is 7.48. The summed E-state index contributed by atoms with van der Waals surface area (Å²) in [5.74, 6) is -0.284. The highest BCUT2D eigenvalue weighted by Gasteiger charge is 2.42. The SMILES string of the molecule is CC(C)(CS(=O)(=O)N[C@H]1CC2=C(c3ccn(C(F)F)n3)[C@H](c3ccc(F)cc3Cl)N=C(c3nccs3)N2C1)c1ccccn1. The Morgan fingerprint density at radius 1 is 1.16 bits per heavy atom. The van der Waals surface area contributed by atoms with Crippen molar-refractivity contribution in [2.75, 3.05) is 12.3 Å². The van der Waals surface area contributed by atoms with E-state index in [2.05, 4.69) is 19.8 Å². The van der Waals surface area contributed by atoms with E-state index in [1.54, 1.807) is 29.9 Å². The number of hydrogen-bond acceptors (Lipinski definition) is 8. The first-order valence-corrected chi connectivity index (χ1v) is 16.5. The molecule has 9 nitrogen and oxygen atoms in total. The van der Waals surface area contributed by atoms with Gasteiger partial charge in [0, 0.05) is 75.9 Å². The molecule has 2 aliphatic heterocycles. The van der Waals surface area contributed by atoms with Gasteiger partial charge in [0.05, 0.1) is 11.4 Å². The van der Waals surface area contributed by atoms with Crippen LogP contribution in [0.3, 0.4) is 0 Å². The first-order chi connectivity index (χ1) is 20.9. The van der Waals surface area contributed by atoms with Crippen LogP contribution in [0.1, 0.15) is 54.8 Å². The summed E-state index contributed by atoms with van der Waals surface area (Å²) >= 11 is 7.86. The zero-order valence-corrected chi connectivity index (χ0v) is 25.9. The number of aliphatic imine (C=N–C) groups is 1. The normalized spacial score (nSPS) is 19.1. The number of benzene rings is 1. The molecule has 0 radical (unpaired) electrons. The number of aromatic nitrogens is 4. The van der Waals surface area contributed by atoms with Crippen LogP contribution < -0.4 is 4.72 Å². The lowest BCUT2D eigenvalue weighted by atomic mass is 9.91. The van der Waals surface area contributed by atoms with Gasteiger partial charge in [0.1, 0.15) is 11.9 Å². The third kappa shape index (κ3) is 6.03. The van der Waals surface area contributed by atoms with E-state index in [4.69, 9.17) is 16.6 Å². The van der Waals surface area contributed by atoms with Gasteiger partial charge in [0.2, 0.25) is 10.0 Å². The Morgan fingerprint density at radius 3 is 2.64 bits per heavy atom. The smallest absolute Gasteiger partial charge is 0.326 e. The summed E-state index contributed by atoms with van der Waals surface area (Å²) < 4.78 is 71.7. The lowest BCUT2D eigenvalue weighted by molar-refractivity contribution is 0.0564. The predicted molar refractivity (Wildman–Crippen MR) is 162 cm³/mol. The number of alkyl halides is 2. The topological polar surface area (TPSA) is 105 Å². The van der Waals surface area contributed by atoms with Gasteiger partial charge in [-0.25, -0.2) is 27.2 Å². The quantitative estimate of drug-likeness (QED) is 0.243. The molecule has 0 aliphatic carbocycles. The largest absolute Gasteiger partial charge is 0.333 e. The third-order valence-corrected chi connectivity index (χ3v) is 10.4. The molecule has 1 aromatic carbocycles. The molecule has 1 N–H and O–H groups in total. The number of halogens is 4. The first-order valence-electron chi connectivity index (χ1n) is 13.6. The van der Waals surface area contributed by atoms with Crippen LogP contribution in [0.15, 0.2) is 77.1 Å². The molecule has 1 saturated heterocycles. The Labute approximate surface area is 261 Å². The van der Waals surface area contributed by atoms with Crippen LogP contribution in [0.5, 0.6) is 0 Å². The highest BCUT2D eigenvalue weighted by atomic mass is 35.5. The van der Waals surface area contributed by atoms with Gasteiger partial charge in [0.25, 0.3) is 0 Å². The molecule has 0 spiro atoms. The number of amidine groups is 1. The summed E-state index contributed by atoms with van der Waals surface area (Å²) in [7, 11) is -3.83. The molecule has 0 unspecified atom stereocenters. The van der Waals surface area contributed by atoms with Crippen LogP contribution in [0.2, 0.25) is 5.02 Å². The van der Waals surface area contributed by atoms with Crippen LogP contribution in [0, 0.1) is 5.82 Å². The zero-order chi connectivity index (χ0) is 31.2. The fraction of sp³-hybridized carbons (Fsp3) is 0.310. The van der Waals surface area contributed by atoms with Crippen molar-refractivity contribution in [2.45, 2.75) is 44.3 Å². The van der Waals surface area contributed by atoms with Crippen molar-refractivity contribution < 1.29 is 21.6 Å². The van der Waals surface area contributed by atoms with Crippen molar-refractivity contribution in [3.63, 3.8) is 0 Å². The van der Waals surface area contributed by atoms with Crippen LogP contribution in [-0.4, -0.2) is 57.2 Å². The summed E-state index contributed by atoms with van der Waals surface area (Å²) in [6.07, 6.45) is 4.62. The molecule has 2 atom stereocenters. The second kappa shape index (κ2) is 11.7. The van der Waals surface area contributed by atoms with E-state index in [-0.39, 0.29) is 29.4 Å². The molecular weight excluding hydrogens is 635 g/mol. The highest BCUT2D eigenvalue weighted by Crippen LogP contribution is 2.46. The van der Waals surface area contributed by atoms with E-state index in [0.29, 0.717) is 38.1 Å². The van der Waals surface area contributed by atoms with Crippen LogP contribution in [0.25, 0.3) is 5.57 Å². The Hall–Kier alpha value is -3.59. The van der Waals surface area contributed by atoms with Gasteiger partial charge in [0.15, 0.2) is 10.8 Å². The van der Waals surface area contributed by atoms with Gasteiger partial charge in [-0.3, -0.25) is 9.98 Å². The van der Waals surface area contributed by atoms with Crippen molar-refractivity contribution in [1.29, 1.82) is 0 Å². The number of fused-ring (bicyclic) bond motifs is 1. The van der Waals surface area contributed by atoms with E-state index in [1.807, 2.05) is 24.8 Å². The maximum Gasteiger partial charge on any atom is 0.333 e. The lowest BCUT2D eigenvalue weighted by Crippen LogP contribution is -2.43. The van der Waals surface area contributed by atoms with E-state index < -0.39 is 39.9 Å². The minimum absolute atomic E-state index is 0.101. The van der Waals surface area contributed by atoms with Gasteiger partial charge in [-0.15, -0.1) is 11.3 Å². The number of nitrogens with one attached hydrogen (secondary N) is 1. The monoisotopic (exact) mass is 661 g/mol. The number of nitrogens with zero attached hydrogens (tertiary/aromatic N) is 6. The van der Waals surface area contributed by atoms with Crippen molar-refractivity contribution in [3.05, 3.63) is 105 Å². The van der Waals surface area contributed by atoms with Crippen molar-refractivity contribution >= 4 is 44.4 Å². The molecule has 230 valence electrons. The van der Waals surface area contributed by atoms with Crippen LogP contribution >= 0.6 is 22.9 Å². The van der Waals surface area contributed by atoms with Crippen molar-refractivity contribution in [1.82, 2.24) is 29.4 Å². The molecule has 4 aromatic rings. The van der Waals surface area contributed by atoms with Crippen molar-refractivity contribution in [3.8, 4) is 0 Å². The number of rotatable bonds is 9. The van der Waals surface area contributed by atoms with Crippen LogP contribution in [0.4, 0.5) is 13.2 Å². The number of hydrogen-bond donors (Lipinski definition) is 1. The van der Waals surface area contributed by atoms with Gasteiger partial charge < -0.3 is 4.90 Å². The van der Waals surface area contributed by atoms with E-state index in [0.717, 1.165) is 12.3 Å². The minimum Gasteiger partial charge on any atom is -0.326 e. The Balaban J connectivity index is 1.42. The average molecular weight is 662 g/mol. The molecular formula is C29H27ClF3N7O2S2. The summed E-state index contributed by atoms with van der Waals surface area (Å²) in [6.45, 7) is 0.967. The molecule has 1 fully saturated rings. The summed E-state index contributed by atoms with van der Waals surface area (Å²) in [4.78, 5) is 15.6. The molecule has 44 heavy (non-hydrogen) atoms. The summed E-state index contributed by atoms with van der Waals surface area (Å²) in [6, 6.07) is 9.29. The zero-order valence-electron chi connectivity index (χ0n) is 23.5. The molecule has 5 heterocycles. The van der Waals surface area contributed by atoms with E-state index in [9.17, 15) is 21.6 Å².